The molecule has 128 valence electrons. The quantitative estimate of drug-likeness (QED) is 0.870. The van der Waals surface area contributed by atoms with E-state index in [4.69, 9.17) is 4.74 Å². The van der Waals surface area contributed by atoms with Crippen LogP contribution in [0.3, 0.4) is 0 Å². The summed E-state index contributed by atoms with van der Waals surface area (Å²) in [5.41, 5.74) is 0.857. The van der Waals surface area contributed by atoms with Crippen molar-refractivity contribution in [2.24, 2.45) is 0 Å². The number of hydrogen-bond donors (Lipinski definition) is 1. The van der Waals surface area contributed by atoms with Gasteiger partial charge in [-0.2, -0.15) is 0 Å². The molecule has 0 aromatic heterocycles. The fourth-order valence-electron chi connectivity index (χ4n) is 3.00. The molecule has 24 heavy (non-hydrogen) atoms. The Kier molecular flexibility index (Phi) is 4.41. The van der Waals surface area contributed by atoms with Crippen LogP contribution in [0.25, 0.3) is 11.3 Å². The van der Waals surface area contributed by atoms with Gasteiger partial charge in [-0.05, 0) is 64.9 Å². The number of nitrogens with one attached hydrogen (secondary N) is 1. The first-order valence-corrected chi connectivity index (χ1v) is 8.31. The molecule has 1 N–H and O–H groups in total. The minimum absolute atomic E-state index is 0.246. The third-order valence-corrected chi connectivity index (χ3v) is 4.13. The maximum atomic E-state index is 12.5. The second-order valence-electron chi connectivity index (χ2n) is 7.17. The van der Waals surface area contributed by atoms with E-state index in [0.29, 0.717) is 11.3 Å². The lowest BCUT2D eigenvalue weighted by Crippen LogP contribution is -2.30. The van der Waals surface area contributed by atoms with Gasteiger partial charge < -0.3 is 10.1 Å². The molecule has 3 aliphatic rings. The van der Waals surface area contributed by atoms with Gasteiger partial charge in [-0.1, -0.05) is 0 Å². The molecule has 0 unspecified atom stereocenters. The summed E-state index contributed by atoms with van der Waals surface area (Å²) in [5, 5.41) is 3.31. The zero-order valence-corrected chi connectivity index (χ0v) is 14.3. The number of rotatable bonds is 1. The van der Waals surface area contributed by atoms with Gasteiger partial charge in [0.1, 0.15) is 5.60 Å². The maximum Gasteiger partial charge on any atom is 0.418 e. The van der Waals surface area contributed by atoms with Gasteiger partial charge in [0.25, 0.3) is 5.56 Å². The molecule has 3 heterocycles. The second-order valence-corrected chi connectivity index (χ2v) is 7.17. The SMILES string of the molecule is CC(C)(C)OC(=O)n1cccc2c(=O)nc(C3CCNCC3)cc1-2. The molecule has 1 fully saturated rings. The Hall–Kier alpha value is -2.21. The zero-order chi connectivity index (χ0) is 17.3. The zero-order valence-electron chi connectivity index (χ0n) is 14.3. The monoisotopic (exact) mass is 329 g/mol. The first kappa shape index (κ1) is 16.6. The Bertz CT molecular complexity index is 770. The van der Waals surface area contributed by atoms with Crippen LogP contribution in [0.5, 0.6) is 0 Å². The Labute approximate surface area is 141 Å². The lowest BCUT2D eigenvalue weighted by molar-refractivity contribution is 0.0538. The van der Waals surface area contributed by atoms with Gasteiger partial charge in [-0.3, -0.25) is 9.36 Å². The highest BCUT2D eigenvalue weighted by atomic mass is 16.6. The van der Waals surface area contributed by atoms with E-state index in [0.717, 1.165) is 31.6 Å². The maximum absolute atomic E-state index is 12.5. The van der Waals surface area contributed by atoms with E-state index in [1.807, 2.05) is 26.8 Å². The average molecular weight is 329 g/mol. The number of hydrogen-bond acceptors (Lipinski definition) is 5. The molecule has 0 atom stereocenters. The van der Waals surface area contributed by atoms with Crippen molar-refractivity contribution >= 4 is 6.09 Å². The fraction of sp³-hybridized carbons (Fsp3) is 0.500. The number of pyridine rings is 2. The van der Waals surface area contributed by atoms with Crippen LogP contribution in [-0.2, 0) is 4.74 Å². The normalized spacial score (nSPS) is 16.3. The highest BCUT2D eigenvalue weighted by Crippen LogP contribution is 2.27. The molecule has 0 bridgehead atoms. The van der Waals surface area contributed by atoms with E-state index < -0.39 is 11.7 Å². The minimum atomic E-state index is -0.600. The first-order chi connectivity index (χ1) is 11.3. The number of carbonyl (C=O) groups excluding carboxylic acids is 1. The lowest BCUT2D eigenvalue weighted by Gasteiger charge is -2.24. The van der Waals surface area contributed by atoms with Crippen LogP contribution in [0.1, 0.15) is 45.2 Å². The molecule has 0 amide bonds. The van der Waals surface area contributed by atoms with Crippen molar-refractivity contribution in [3.8, 4) is 11.3 Å². The summed E-state index contributed by atoms with van der Waals surface area (Å²) in [7, 11) is 0. The molecule has 0 saturated carbocycles. The van der Waals surface area contributed by atoms with Crippen molar-refractivity contribution in [3.05, 3.63) is 40.4 Å². The van der Waals surface area contributed by atoms with Crippen LogP contribution in [0.4, 0.5) is 4.79 Å². The molecule has 6 heteroatoms. The highest BCUT2D eigenvalue weighted by molar-refractivity contribution is 5.78. The molecule has 1 saturated heterocycles. The van der Waals surface area contributed by atoms with Crippen molar-refractivity contribution in [2.75, 3.05) is 13.1 Å². The Morgan fingerprint density at radius 3 is 2.71 bits per heavy atom. The second kappa shape index (κ2) is 6.36. The van der Waals surface area contributed by atoms with E-state index in [1.54, 1.807) is 18.3 Å². The first-order valence-electron chi connectivity index (χ1n) is 8.31. The van der Waals surface area contributed by atoms with Gasteiger partial charge >= 0.3 is 6.09 Å². The number of fused-ring (bicyclic) bond motifs is 1. The van der Waals surface area contributed by atoms with Crippen molar-refractivity contribution < 1.29 is 9.53 Å². The van der Waals surface area contributed by atoms with Gasteiger partial charge in [0.05, 0.1) is 11.3 Å². The van der Waals surface area contributed by atoms with E-state index in [9.17, 15) is 9.59 Å². The van der Waals surface area contributed by atoms with Crippen molar-refractivity contribution in [1.29, 1.82) is 0 Å². The van der Waals surface area contributed by atoms with E-state index >= 15 is 0 Å². The smallest absolute Gasteiger partial charge is 0.418 e. The van der Waals surface area contributed by atoms with Crippen LogP contribution in [0, 0.1) is 0 Å². The predicted octanol–water partition coefficient (Wildman–Crippen LogP) is 2.60. The molecular formula is C18H23N3O3. The number of nitrogens with zero attached hydrogens (tertiary/aromatic N) is 2. The third-order valence-electron chi connectivity index (χ3n) is 4.13. The van der Waals surface area contributed by atoms with Crippen LogP contribution >= 0.6 is 0 Å². The highest BCUT2D eigenvalue weighted by Gasteiger charge is 2.24. The summed E-state index contributed by atoms with van der Waals surface area (Å²) in [4.78, 5) is 29.1. The number of piperidine rings is 1. The molecule has 6 nitrogen and oxygen atoms in total. The average Bonchev–Trinajstić information content (AvgIpc) is 2.53. The summed E-state index contributed by atoms with van der Waals surface area (Å²) < 4.78 is 6.85. The summed E-state index contributed by atoms with van der Waals surface area (Å²) in [6.45, 7) is 7.28. The minimum Gasteiger partial charge on any atom is -0.443 e. The Balaban J connectivity index is 2.05. The van der Waals surface area contributed by atoms with Crippen LogP contribution < -0.4 is 10.9 Å². The molecule has 0 aromatic carbocycles. The third kappa shape index (κ3) is 3.48. The molecule has 0 aromatic rings. The number of carbonyl (C=O) groups is 1. The van der Waals surface area contributed by atoms with Crippen LogP contribution in [0.2, 0.25) is 0 Å². The summed E-state index contributed by atoms with van der Waals surface area (Å²) in [6.07, 6.45) is 3.02. The number of aromatic nitrogens is 2. The topological polar surface area (TPSA) is 73.2 Å². The molecular weight excluding hydrogens is 306 g/mol. The standard InChI is InChI=1S/C18H23N3O3/c1-18(2,3)24-17(23)21-10-4-5-13-15(21)11-14(20-16(13)22)12-6-8-19-9-7-12/h4-5,10-12,19H,6-9H2,1-3H3. The summed E-state index contributed by atoms with van der Waals surface area (Å²) in [5.74, 6) is 0.246. The van der Waals surface area contributed by atoms with E-state index in [2.05, 4.69) is 10.3 Å². The van der Waals surface area contributed by atoms with Crippen LogP contribution in [0.15, 0.2) is 29.2 Å². The Morgan fingerprint density at radius 2 is 2.04 bits per heavy atom. The van der Waals surface area contributed by atoms with Gasteiger partial charge in [0.2, 0.25) is 0 Å². The predicted molar refractivity (Wildman–Crippen MR) is 91.6 cm³/mol. The molecule has 3 aliphatic heterocycles. The summed E-state index contributed by atoms with van der Waals surface area (Å²) >= 11 is 0. The molecule has 3 rings (SSSR count). The fourth-order valence-corrected chi connectivity index (χ4v) is 3.00. The Morgan fingerprint density at radius 1 is 1.33 bits per heavy atom. The largest absolute Gasteiger partial charge is 0.443 e. The lowest BCUT2D eigenvalue weighted by atomic mass is 9.93. The van der Waals surface area contributed by atoms with E-state index in [-0.39, 0.29) is 11.5 Å². The van der Waals surface area contributed by atoms with Crippen LogP contribution in [-0.4, -0.2) is 34.3 Å². The molecule has 0 radical (unpaired) electrons. The molecule has 0 aliphatic carbocycles. The van der Waals surface area contributed by atoms with Crippen molar-refractivity contribution in [3.63, 3.8) is 0 Å². The van der Waals surface area contributed by atoms with Crippen molar-refractivity contribution in [1.82, 2.24) is 14.9 Å². The molecule has 0 spiro atoms. The van der Waals surface area contributed by atoms with Gasteiger partial charge in [0.15, 0.2) is 0 Å². The van der Waals surface area contributed by atoms with Gasteiger partial charge in [0, 0.05) is 17.8 Å². The summed E-state index contributed by atoms with van der Waals surface area (Å²) in [6, 6.07) is 5.22. The van der Waals surface area contributed by atoms with Gasteiger partial charge in [-0.25, -0.2) is 9.78 Å². The number of ether oxygens (including phenoxy) is 1. The van der Waals surface area contributed by atoms with E-state index in [1.165, 1.54) is 4.57 Å². The van der Waals surface area contributed by atoms with Gasteiger partial charge in [-0.15, -0.1) is 0 Å². The van der Waals surface area contributed by atoms with Crippen molar-refractivity contribution in [2.45, 2.75) is 45.1 Å².